The van der Waals surface area contributed by atoms with Crippen molar-refractivity contribution < 1.29 is 5.11 Å². The Morgan fingerprint density at radius 1 is 1.22 bits per heavy atom. The lowest BCUT2D eigenvalue weighted by molar-refractivity contribution is 0.0264. The zero-order valence-electron chi connectivity index (χ0n) is 11.8. The molecule has 0 saturated heterocycles. The Morgan fingerprint density at radius 3 is 2.44 bits per heavy atom. The minimum atomic E-state index is -0.212. The van der Waals surface area contributed by atoms with Crippen LogP contribution >= 0.6 is 0 Å². The predicted octanol–water partition coefficient (Wildman–Crippen LogP) is 2.73. The third kappa shape index (κ3) is 2.60. The minimum absolute atomic E-state index is 0.0740. The van der Waals surface area contributed by atoms with Gasteiger partial charge in [-0.1, -0.05) is 42.7 Å². The maximum Gasteiger partial charge on any atom is 0.0649 e. The summed E-state index contributed by atoms with van der Waals surface area (Å²) < 4.78 is 0. The number of hydrogen-bond donors (Lipinski definition) is 1. The van der Waals surface area contributed by atoms with Gasteiger partial charge >= 0.3 is 0 Å². The second-order valence-corrected chi connectivity index (χ2v) is 6.02. The molecule has 1 N–H and O–H groups in total. The van der Waals surface area contributed by atoms with Crippen molar-refractivity contribution in [1.29, 1.82) is 0 Å². The zero-order chi connectivity index (χ0) is 13.2. The molecule has 0 radical (unpaired) electrons. The van der Waals surface area contributed by atoms with Crippen molar-refractivity contribution in [2.75, 3.05) is 20.6 Å². The van der Waals surface area contributed by atoms with E-state index >= 15 is 0 Å². The molecule has 2 nitrogen and oxygen atoms in total. The average molecular weight is 247 g/mol. The topological polar surface area (TPSA) is 23.5 Å². The van der Waals surface area contributed by atoms with Gasteiger partial charge in [0.15, 0.2) is 0 Å². The lowest BCUT2D eigenvalue weighted by atomic mass is 9.67. The zero-order valence-corrected chi connectivity index (χ0v) is 11.8. The van der Waals surface area contributed by atoms with E-state index in [0.717, 1.165) is 25.8 Å². The number of nitrogens with zero attached hydrogens (tertiary/aromatic N) is 1. The summed E-state index contributed by atoms with van der Waals surface area (Å²) >= 11 is 0. The van der Waals surface area contributed by atoms with E-state index in [0.29, 0.717) is 0 Å². The summed E-state index contributed by atoms with van der Waals surface area (Å²) in [5.74, 6) is 0. The van der Waals surface area contributed by atoms with Crippen molar-refractivity contribution in [1.82, 2.24) is 4.90 Å². The Kier molecular flexibility index (Phi) is 4.08. The largest absolute Gasteiger partial charge is 0.392 e. The van der Waals surface area contributed by atoms with Gasteiger partial charge in [0.05, 0.1) is 6.10 Å². The summed E-state index contributed by atoms with van der Waals surface area (Å²) in [4.78, 5) is 2.20. The van der Waals surface area contributed by atoms with Crippen LogP contribution in [0.15, 0.2) is 24.3 Å². The van der Waals surface area contributed by atoms with E-state index in [4.69, 9.17) is 0 Å². The first kappa shape index (κ1) is 13.6. The minimum Gasteiger partial charge on any atom is -0.392 e. The van der Waals surface area contributed by atoms with Crippen molar-refractivity contribution in [3.63, 3.8) is 0 Å². The molecule has 1 saturated carbocycles. The smallest absolute Gasteiger partial charge is 0.0649 e. The maximum atomic E-state index is 10.6. The van der Waals surface area contributed by atoms with Crippen LogP contribution in [-0.2, 0) is 5.41 Å². The highest BCUT2D eigenvalue weighted by molar-refractivity contribution is 5.31. The second-order valence-electron chi connectivity index (χ2n) is 6.02. The number of rotatable bonds is 3. The van der Waals surface area contributed by atoms with E-state index in [2.05, 4.69) is 50.2 Å². The van der Waals surface area contributed by atoms with E-state index in [9.17, 15) is 5.11 Å². The summed E-state index contributed by atoms with van der Waals surface area (Å²) in [6, 6.07) is 8.73. The highest BCUT2D eigenvalue weighted by Crippen LogP contribution is 2.40. The van der Waals surface area contributed by atoms with Crippen LogP contribution in [0.5, 0.6) is 0 Å². The van der Waals surface area contributed by atoms with Gasteiger partial charge in [-0.05, 0) is 39.4 Å². The number of aliphatic hydroxyl groups is 1. The van der Waals surface area contributed by atoms with Crippen LogP contribution in [0.1, 0.15) is 36.8 Å². The van der Waals surface area contributed by atoms with Gasteiger partial charge in [-0.3, -0.25) is 0 Å². The van der Waals surface area contributed by atoms with Gasteiger partial charge in [0.2, 0.25) is 0 Å². The molecular formula is C16H25NO. The Morgan fingerprint density at radius 2 is 1.89 bits per heavy atom. The van der Waals surface area contributed by atoms with Gasteiger partial charge in [0.25, 0.3) is 0 Å². The highest BCUT2D eigenvalue weighted by Gasteiger charge is 2.41. The Hall–Kier alpha value is -0.860. The standard InChI is InChI=1S/C16H25NO/c1-13-7-9-14(10-8-13)16(12-17(2)3)11-5-4-6-15(16)18/h7-10,15,18H,4-6,11-12H2,1-3H3/t15-,16-/m0/s1. The summed E-state index contributed by atoms with van der Waals surface area (Å²) in [5.41, 5.74) is 2.51. The highest BCUT2D eigenvalue weighted by atomic mass is 16.3. The molecule has 1 aromatic carbocycles. The Labute approximate surface area is 111 Å². The Bertz CT molecular complexity index is 385. The fourth-order valence-corrected chi connectivity index (χ4v) is 3.28. The van der Waals surface area contributed by atoms with Crippen molar-refractivity contribution in [2.24, 2.45) is 0 Å². The SMILES string of the molecule is Cc1ccc([C@@]2(CN(C)C)CCCC[C@@H]2O)cc1. The van der Waals surface area contributed by atoms with E-state index in [-0.39, 0.29) is 11.5 Å². The first-order valence-electron chi connectivity index (χ1n) is 6.94. The molecule has 0 aromatic heterocycles. The molecular weight excluding hydrogens is 222 g/mol. The normalized spacial score (nSPS) is 28.6. The molecule has 2 atom stereocenters. The maximum absolute atomic E-state index is 10.6. The van der Waals surface area contributed by atoms with Gasteiger partial charge in [-0.15, -0.1) is 0 Å². The van der Waals surface area contributed by atoms with Crippen LogP contribution in [0.3, 0.4) is 0 Å². The molecule has 18 heavy (non-hydrogen) atoms. The van der Waals surface area contributed by atoms with Gasteiger partial charge in [-0.2, -0.15) is 0 Å². The molecule has 100 valence electrons. The Balaban J connectivity index is 2.37. The second kappa shape index (κ2) is 5.41. The lowest BCUT2D eigenvalue weighted by Gasteiger charge is -2.44. The molecule has 0 unspecified atom stereocenters. The fraction of sp³-hybridized carbons (Fsp3) is 0.625. The first-order valence-corrected chi connectivity index (χ1v) is 6.94. The van der Waals surface area contributed by atoms with Gasteiger partial charge in [0, 0.05) is 12.0 Å². The summed E-state index contributed by atoms with van der Waals surface area (Å²) in [6.45, 7) is 3.04. The number of aryl methyl sites for hydroxylation is 1. The molecule has 1 aliphatic carbocycles. The molecule has 1 aromatic rings. The van der Waals surface area contributed by atoms with Crippen molar-refractivity contribution in [3.05, 3.63) is 35.4 Å². The number of aliphatic hydroxyl groups excluding tert-OH is 1. The number of likely N-dealkylation sites (N-methyl/N-ethyl adjacent to an activating group) is 1. The van der Waals surface area contributed by atoms with Crippen molar-refractivity contribution >= 4 is 0 Å². The molecule has 2 rings (SSSR count). The molecule has 0 aliphatic heterocycles. The van der Waals surface area contributed by atoms with Crippen molar-refractivity contribution in [3.8, 4) is 0 Å². The number of benzene rings is 1. The first-order chi connectivity index (χ1) is 8.54. The molecule has 2 heteroatoms. The monoisotopic (exact) mass is 247 g/mol. The van der Waals surface area contributed by atoms with E-state index in [1.165, 1.54) is 17.5 Å². The molecule has 1 fully saturated rings. The van der Waals surface area contributed by atoms with Crippen LogP contribution in [0.2, 0.25) is 0 Å². The third-order valence-corrected chi connectivity index (χ3v) is 4.21. The van der Waals surface area contributed by atoms with Crippen LogP contribution < -0.4 is 0 Å². The molecule has 0 spiro atoms. The van der Waals surface area contributed by atoms with Gasteiger partial charge in [-0.25, -0.2) is 0 Å². The summed E-state index contributed by atoms with van der Waals surface area (Å²) in [6.07, 6.45) is 4.19. The quantitative estimate of drug-likeness (QED) is 0.888. The van der Waals surface area contributed by atoms with E-state index < -0.39 is 0 Å². The van der Waals surface area contributed by atoms with Crippen molar-refractivity contribution in [2.45, 2.75) is 44.1 Å². The van der Waals surface area contributed by atoms with Crippen LogP contribution in [0, 0.1) is 6.92 Å². The van der Waals surface area contributed by atoms with E-state index in [1.54, 1.807) is 0 Å². The molecule has 0 bridgehead atoms. The third-order valence-electron chi connectivity index (χ3n) is 4.21. The van der Waals surface area contributed by atoms with Crippen LogP contribution in [0.4, 0.5) is 0 Å². The molecule has 0 amide bonds. The fourth-order valence-electron chi connectivity index (χ4n) is 3.28. The van der Waals surface area contributed by atoms with Crippen LogP contribution in [-0.4, -0.2) is 36.8 Å². The predicted molar refractivity (Wildman–Crippen MR) is 75.9 cm³/mol. The van der Waals surface area contributed by atoms with Crippen LogP contribution in [0.25, 0.3) is 0 Å². The van der Waals surface area contributed by atoms with Gasteiger partial charge in [0.1, 0.15) is 0 Å². The number of hydrogen-bond acceptors (Lipinski definition) is 2. The summed E-state index contributed by atoms with van der Waals surface area (Å²) in [7, 11) is 4.19. The average Bonchev–Trinajstić information content (AvgIpc) is 2.32. The van der Waals surface area contributed by atoms with E-state index in [1.807, 2.05) is 0 Å². The summed E-state index contributed by atoms with van der Waals surface area (Å²) in [5, 5.41) is 10.6. The van der Waals surface area contributed by atoms with Gasteiger partial charge < -0.3 is 10.0 Å². The molecule has 1 aliphatic rings. The molecule has 0 heterocycles. The lowest BCUT2D eigenvalue weighted by Crippen LogP contribution is -2.49.